The van der Waals surface area contributed by atoms with Crippen molar-refractivity contribution in [2.24, 2.45) is 4.99 Å². The molecule has 1 aromatic heterocycles. The van der Waals surface area contributed by atoms with E-state index < -0.39 is 0 Å². The van der Waals surface area contributed by atoms with Crippen LogP contribution in [-0.2, 0) is 17.6 Å². The maximum atomic E-state index is 13.3. The van der Waals surface area contributed by atoms with E-state index in [-0.39, 0.29) is 24.6 Å². The van der Waals surface area contributed by atoms with Crippen molar-refractivity contribution in [2.45, 2.75) is 52.4 Å². The van der Waals surface area contributed by atoms with E-state index in [2.05, 4.69) is 35.7 Å². The summed E-state index contributed by atoms with van der Waals surface area (Å²) in [6.07, 6.45) is 9.82. The van der Waals surface area contributed by atoms with Crippen molar-refractivity contribution in [1.82, 2.24) is 4.98 Å². The fourth-order valence-corrected chi connectivity index (χ4v) is 5.62. The van der Waals surface area contributed by atoms with Gasteiger partial charge in [0.2, 0.25) is 0 Å². The molecule has 0 spiro atoms. The molecule has 0 saturated heterocycles. The molecule has 0 saturated carbocycles. The normalized spacial score (nSPS) is 13.6. The fourth-order valence-electron chi connectivity index (χ4n) is 5.62. The van der Waals surface area contributed by atoms with Crippen molar-refractivity contribution in [2.75, 3.05) is 25.1 Å². The van der Waals surface area contributed by atoms with Crippen molar-refractivity contribution in [3.05, 3.63) is 142 Å². The lowest BCUT2D eigenvalue weighted by molar-refractivity contribution is 0.0953. The van der Waals surface area contributed by atoms with E-state index in [0.29, 0.717) is 29.8 Å². The second kappa shape index (κ2) is 17.3. The molecule has 246 valence electrons. The standard InChI is InChI=1S/C41H43N3O4/c1-3-23-42-40-29(2)9-19-37(44-41(40)43-36-17-12-32(13-18-36)27-31-6-5-25-48-26-22-31)34-7-4-8-35(28-34)38(46)20-14-30-10-15-33(16-11-30)39(47)21-24-45/h3-4,6-13,15-19,23,28,45H,5,14,20-22,24-27H2,1-2H3,(H,42,43,44)/b23-3-. The first-order chi connectivity index (χ1) is 23.4. The molecule has 7 nitrogen and oxygen atoms in total. The average Bonchev–Trinajstić information content (AvgIpc) is 3.46. The lowest BCUT2D eigenvalue weighted by atomic mass is 9.99. The number of nitrogens with zero attached hydrogens (tertiary/aromatic N) is 2. The first-order valence-corrected chi connectivity index (χ1v) is 16.6. The zero-order valence-corrected chi connectivity index (χ0v) is 27.7. The third-order valence-corrected chi connectivity index (χ3v) is 8.32. The van der Waals surface area contributed by atoms with E-state index in [1.165, 1.54) is 11.1 Å². The molecule has 0 amide bonds. The molecule has 3 aromatic carbocycles. The van der Waals surface area contributed by atoms with Gasteiger partial charge in [0.25, 0.3) is 0 Å². The summed E-state index contributed by atoms with van der Waals surface area (Å²) in [7, 11) is 0. The topological polar surface area (TPSA) is 101 Å². The van der Waals surface area contributed by atoms with Crippen LogP contribution in [-0.4, -0.2) is 41.5 Å². The van der Waals surface area contributed by atoms with Gasteiger partial charge in [0, 0.05) is 41.4 Å². The van der Waals surface area contributed by atoms with E-state index in [1.54, 1.807) is 18.3 Å². The molecular weight excluding hydrogens is 598 g/mol. The van der Waals surface area contributed by atoms with Gasteiger partial charge in [0.1, 0.15) is 5.36 Å². The number of ketones is 2. The summed E-state index contributed by atoms with van der Waals surface area (Å²) < 4.78 is 5.59. The molecule has 2 heterocycles. The highest BCUT2D eigenvalue weighted by Gasteiger charge is 2.12. The fraction of sp³-hybridized carbons (Fsp3) is 0.268. The van der Waals surface area contributed by atoms with Crippen molar-refractivity contribution < 1.29 is 19.4 Å². The summed E-state index contributed by atoms with van der Waals surface area (Å²) in [5, 5.41) is 13.3. The molecule has 1 aliphatic heterocycles. The SMILES string of the molecule is C/C=C\N=c1c(C)ccc(-c2cccc(C(=O)CCc3ccc(C(=O)CCO)cc3)c2)nc1Nc1ccc(CC2=CCCOCC2)cc1. The number of aliphatic hydroxyl groups excluding tert-OH is 1. The van der Waals surface area contributed by atoms with Gasteiger partial charge in [-0.15, -0.1) is 0 Å². The molecule has 5 rings (SSSR count). The van der Waals surface area contributed by atoms with Crippen LogP contribution in [0.1, 0.15) is 70.0 Å². The number of aryl methyl sites for hydroxylation is 2. The maximum absolute atomic E-state index is 13.3. The Morgan fingerprint density at radius 2 is 1.69 bits per heavy atom. The van der Waals surface area contributed by atoms with Gasteiger partial charge >= 0.3 is 0 Å². The van der Waals surface area contributed by atoms with Gasteiger partial charge in [-0.25, -0.2) is 4.98 Å². The van der Waals surface area contributed by atoms with E-state index >= 15 is 0 Å². The molecular formula is C41H43N3O4. The lowest BCUT2D eigenvalue weighted by Crippen LogP contribution is -2.12. The predicted molar refractivity (Wildman–Crippen MR) is 191 cm³/mol. The van der Waals surface area contributed by atoms with Crippen LogP contribution in [0.2, 0.25) is 0 Å². The average molecular weight is 642 g/mol. The van der Waals surface area contributed by atoms with Crippen LogP contribution in [0.25, 0.3) is 11.3 Å². The van der Waals surface area contributed by atoms with Crippen LogP contribution in [0, 0.1) is 6.92 Å². The molecule has 48 heavy (non-hydrogen) atoms. The Morgan fingerprint density at radius 3 is 2.46 bits per heavy atom. The van der Waals surface area contributed by atoms with Crippen LogP contribution in [0.4, 0.5) is 11.5 Å². The minimum atomic E-state index is -0.168. The monoisotopic (exact) mass is 641 g/mol. The van der Waals surface area contributed by atoms with Gasteiger partial charge in [-0.1, -0.05) is 78.4 Å². The molecule has 0 atom stereocenters. The number of anilines is 2. The zero-order chi connectivity index (χ0) is 33.7. The number of ether oxygens (including phenoxy) is 1. The predicted octanol–water partition coefficient (Wildman–Crippen LogP) is 7.89. The number of allylic oxidation sites excluding steroid dienone is 1. The Labute approximate surface area is 282 Å². The number of nitrogens with one attached hydrogen (secondary N) is 1. The third-order valence-electron chi connectivity index (χ3n) is 8.32. The smallest absolute Gasteiger partial charge is 0.165 e. The second-order valence-corrected chi connectivity index (χ2v) is 11.9. The van der Waals surface area contributed by atoms with Crippen LogP contribution in [0.3, 0.4) is 0 Å². The number of hydrogen-bond acceptors (Lipinski definition) is 7. The summed E-state index contributed by atoms with van der Waals surface area (Å²) >= 11 is 0. The van der Waals surface area contributed by atoms with Crippen LogP contribution in [0.5, 0.6) is 0 Å². The van der Waals surface area contributed by atoms with Gasteiger partial charge in [-0.05, 0) is 80.5 Å². The Balaban J connectivity index is 1.36. The van der Waals surface area contributed by atoms with Gasteiger partial charge in [0.05, 0.1) is 25.5 Å². The molecule has 4 aromatic rings. The Bertz CT molecular complexity index is 1860. The molecule has 2 N–H and O–H groups in total. The van der Waals surface area contributed by atoms with E-state index in [4.69, 9.17) is 19.8 Å². The Hall–Kier alpha value is -4.98. The van der Waals surface area contributed by atoms with Crippen molar-refractivity contribution in [1.29, 1.82) is 0 Å². The van der Waals surface area contributed by atoms with E-state index in [0.717, 1.165) is 65.9 Å². The molecule has 0 fully saturated rings. The molecule has 0 aliphatic carbocycles. The number of aliphatic hydroxyl groups is 1. The van der Waals surface area contributed by atoms with Crippen LogP contribution < -0.4 is 10.7 Å². The number of hydrogen-bond donors (Lipinski definition) is 2. The number of carbonyl (C=O) groups is 2. The summed E-state index contributed by atoms with van der Waals surface area (Å²) in [4.78, 5) is 35.1. The number of aromatic nitrogens is 1. The highest BCUT2D eigenvalue weighted by Crippen LogP contribution is 2.23. The molecule has 0 bridgehead atoms. The molecule has 0 radical (unpaired) electrons. The maximum Gasteiger partial charge on any atom is 0.165 e. The first kappa shape index (κ1) is 34.4. The van der Waals surface area contributed by atoms with E-state index in [1.807, 2.05) is 68.5 Å². The summed E-state index contributed by atoms with van der Waals surface area (Å²) in [6.45, 7) is 5.36. The number of carbonyl (C=O) groups excluding carboxylic acids is 2. The van der Waals surface area contributed by atoms with E-state index in [9.17, 15) is 9.59 Å². The Morgan fingerprint density at radius 1 is 0.917 bits per heavy atom. The first-order valence-electron chi connectivity index (χ1n) is 16.6. The third kappa shape index (κ3) is 9.53. The van der Waals surface area contributed by atoms with Crippen molar-refractivity contribution in [3.8, 4) is 11.3 Å². The van der Waals surface area contributed by atoms with Crippen LogP contribution in [0.15, 0.2) is 114 Å². The van der Waals surface area contributed by atoms with Crippen molar-refractivity contribution >= 4 is 23.1 Å². The Kier molecular flexibility index (Phi) is 12.3. The molecule has 0 unspecified atom stereocenters. The number of Topliss-reactive ketones (excluding diaryl/α,β-unsaturated/α-hetero) is 2. The minimum Gasteiger partial charge on any atom is -0.396 e. The van der Waals surface area contributed by atoms with Crippen molar-refractivity contribution in [3.63, 3.8) is 0 Å². The largest absolute Gasteiger partial charge is 0.396 e. The van der Waals surface area contributed by atoms with Gasteiger partial charge in [-0.2, -0.15) is 0 Å². The summed E-state index contributed by atoms with van der Waals surface area (Å²) in [5.41, 5.74) is 8.26. The minimum absolute atomic E-state index is 0.0307. The highest BCUT2D eigenvalue weighted by molar-refractivity contribution is 5.97. The highest BCUT2D eigenvalue weighted by atomic mass is 16.5. The van der Waals surface area contributed by atoms with Gasteiger partial charge in [-0.3, -0.25) is 14.6 Å². The quantitative estimate of drug-likeness (QED) is 0.114. The summed E-state index contributed by atoms with van der Waals surface area (Å²) in [5.74, 6) is 0.561. The zero-order valence-electron chi connectivity index (χ0n) is 27.7. The van der Waals surface area contributed by atoms with Crippen LogP contribution >= 0.6 is 0 Å². The van der Waals surface area contributed by atoms with Gasteiger partial charge in [0.15, 0.2) is 17.4 Å². The lowest BCUT2D eigenvalue weighted by Gasteiger charge is -2.09. The summed E-state index contributed by atoms with van der Waals surface area (Å²) in [6, 6.07) is 27.2. The van der Waals surface area contributed by atoms with Gasteiger partial charge < -0.3 is 15.2 Å². The molecule has 1 aliphatic rings. The number of rotatable bonds is 13. The second-order valence-electron chi connectivity index (χ2n) is 11.9. The number of benzene rings is 3. The molecule has 7 heteroatoms.